The van der Waals surface area contributed by atoms with Crippen molar-refractivity contribution in [1.82, 2.24) is 19.9 Å². The Labute approximate surface area is 271 Å². The Morgan fingerprint density at radius 1 is 0.711 bits per heavy atom. The molecule has 0 saturated heterocycles. The van der Waals surface area contributed by atoms with Crippen LogP contribution in [0, 0.1) is 13.8 Å². The maximum absolute atomic E-state index is 11.4. The van der Waals surface area contributed by atoms with Crippen molar-refractivity contribution >= 4 is 56.3 Å². The SMILES string of the molecule is CC1=C(CCC(=O)[O-])c2cc3[nH]c(cc4nc(cc5[nH]c(cc1n2)c(C)c5C(C)O)C(C)=C4C(C)O)c(C)c3CCC(=O)[O-].[Cu+2]. The molecular weight excluding hydrogens is 624 g/mol. The maximum atomic E-state index is 11.4. The molecule has 0 spiro atoms. The monoisotopic (exact) mass is 659 g/mol. The Balaban J connectivity index is 0.00000461. The van der Waals surface area contributed by atoms with E-state index in [-0.39, 0.29) is 42.8 Å². The molecule has 2 aliphatic rings. The summed E-state index contributed by atoms with van der Waals surface area (Å²) < 4.78 is 0. The number of aliphatic carboxylic acids is 2. The van der Waals surface area contributed by atoms with E-state index < -0.39 is 24.1 Å². The van der Waals surface area contributed by atoms with Crippen LogP contribution in [-0.2, 0) is 33.1 Å². The predicted octanol–water partition coefficient (Wildman–Crippen LogP) is 3.44. The van der Waals surface area contributed by atoms with Crippen LogP contribution in [0.15, 0.2) is 24.3 Å². The largest absolute Gasteiger partial charge is 2.00 e. The summed E-state index contributed by atoms with van der Waals surface area (Å²) in [7, 11) is 0. The number of carboxylic acid groups (broad SMARTS) is 2. The summed E-state index contributed by atoms with van der Waals surface area (Å²) >= 11 is 0. The zero-order chi connectivity index (χ0) is 32.0. The number of rotatable bonds is 8. The quantitative estimate of drug-likeness (QED) is 0.266. The third-order valence-electron chi connectivity index (χ3n) is 8.63. The average molecular weight is 660 g/mol. The Bertz CT molecular complexity index is 1930. The van der Waals surface area contributed by atoms with Gasteiger partial charge in [0.25, 0.3) is 0 Å². The van der Waals surface area contributed by atoms with Crippen molar-refractivity contribution < 1.29 is 47.1 Å². The van der Waals surface area contributed by atoms with E-state index >= 15 is 0 Å². The second-order valence-corrected chi connectivity index (χ2v) is 11.6. The van der Waals surface area contributed by atoms with E-state index in [4.69, 9.17) is 9.97 Å². The van der Waals surface area contributed by atoms with Crippen molar-refractivity contribution in [3.63, 3.8) is 0 Å². The number of hydrogen-bond acceptors (Lipinski definition) is 8. The number of aromatic amines is 2. The predicted molar refractivity (Wildman–Crippen MR) is 165 cm³/mol. The standard InChI is InChI=1S/C34H38N4O6.Cu/c1-15-21(7-9-31(41)42)27-14-28-22(8-10-32(43)44)16(2)24(36-28)12-29-34(20(6)40)18(4)26(38-29)13-30-33(19(5)39)17(3)25(37-30)11-23(15)35-27;/h11-14,19-20,36-37,39-40H,7-10H2,1-6H3,(H,41,42)(H,43,44);/q;+2/p-2. The van der Waals surface area contributed by atoms with Gasteiger partial charge in [0.05, 0.1) is 35.0 Å². The van der Waals surface area contributed by atoms with Gasteiger partial charge in [-0.15, -0.1) is 0 Å². The van der Waals surface area contributed by atoms with E-state index in [9.17, 15) is 30.0 Å². The summed E-state index contributed by atoms with van der Waals surface area (Å²) in [6, 6.07) is 7.41. The number of nitrogens with one attached hydrogen (secondary N) is 2. The second kappa shape index (κ2) is 13.1. The van der Waals surface area contributed by atoms with Crippen molar-refractivity contribution in [3.8, 4) is 0 Å². The van der Waals surface area contributed by atoms with Crippen LogP contribution in [0.1, 0.15) is 98.1 Å². The summed E-state index contributed by atoms with van der Waals surface area (Å²) in [5, 5.41) is 44.4. The molecule has 10 nitrogen and oxygen atoms in total. The van der Waals surface area contributed by atoms with Gasteiger partial charge in [-0.25, -0.2) is 9.97 Å². The van der Waals surface area contributed by atoms with E-state index in [1.165, 1.54) is 0 Å². The molecular formula is C34H36CuN4O6. The van der Waals surface area contributed by atoms with E-state index in [1.54, 1.807) is 13.8 Å². The molecule has 8 bridgehead atoms. The molecule has 0 aliphatic carbocycles. The summed E-state index contributed by atoms with van der Waals surface area (Å²) in [6.07, 6.45) is -1.56. The molecule has 45 heavy (non-hydrogen) atoms. The first kappa shape index (κ1) is 33.9. The first-order valence-electron chi connectivity index (χ1n) is 14.7. The van der Waals surface area contributed by atoms with Crippen LogP contribution in [-0.4, -0.2) is 48.2 Å². The molecule has 5 rings (SSSR count). The minimum Gasteiger partial charge on any atom is -0.550 e. The number of aliphatic hydroxyl groups excluding tert-OH is 2. The Morgan fingerprint density at radius 3 is 1.84 bits per heavy atom. The minimum absolute atomic E-state index is 0. The third-order valence-corrected chi connectivity index (χ3v) is 8.63. The molecule has 0 fully saturated rings. The van der Waals surface area contributed by atoms with E-state index in [2.05, 4.69) is 9.97 Å². The fraction of sp³-hybridized carbons (Fsp3) is 0.353. The molecule has 5 heterocycles. The Hall–Kier alpha value is -4.02. The van der Waals surface area contributed by atoms with Gasteiger partial charge in [0.2, 0.25) is 0 Å². The molecule has 0 aromatic carbocycles. The van der Waals surface area contributed by atoms with Crippen LogP contribution < -0.4 is 10.2 Å². The number of H-pyrrole nitrogens is 2. The van der Waals surface area contributed by atoms with Gasteiger partial charge in [-0.3, -0.25) is 0 Å². The zero-order valence-electron chi connectivity index (χ0n) is 26.0. The number of allylic oxidation sites excluding steroid dienone is 3. The van der Waals surface area contributed by atoms with Crippen LogP contribution in [0.2, 0.25) is 0 Å². The van der Waals surface area contributed by atoms with Gasteiger partial charge >= 0.3 is 17.1 Å². The molecule has 3 aromatic heterocycles. The summed E-state index contributed by atoms with van der Waals surface area (Å²) in [4.78, 5) is 39.5. The molecule has 0 amide bonds. The smallest absolute Gasteiger partial charge is 0.550 e. The van der Waals surface area contributed by atoms with Gasteiger partial charge in [0.15, 0.2) is 0 Å². The Morgan fingerprint density at radius 2 is 1.22 bits per heavy atom. The van der Waals surface area contributed by atoms with Crippen molar-refractivity contribution in [2.45, 2.75) is 79.4 Å². The molecule has 2 atom stereocenters. The molecule has 11 heteroatoms. The van der Waals surface area contributed by atoms with Gasteiger partial charge in [0, 0.05) is 45.1 Å². The second-order valence-electron chi connectivity index (χ2n) is 11.6. The number of fused-ring (bicyclic) bond motifs is 8. The van der Waals surface area contributed by atoms with Gasteiger partial charge in [0.1, 0.15) is 0 Å². The molecule has 1 radical (unpaired) electrons. The van der Waals surface area contributed by atoms with Crippen LogP contribution in [0.5, 0.6) is 0 Å². The van der Waals surface area contributed by atoms with E-state index in [0.29, 0.717) is 50.5 Å². The van der Waals surface area contributed by atoms with Crippen molar-refractivity contribution in [2.75, 3.05) is 0 Å². The first-order chi connectivity index (χ1) is 20.8. The van der Waals surface area contributed by atoms with Crippen molar-refractivity contribution in [2.24, 2.45) is 0 Å². The fourth-order valence-corrected chi connectivity index (χ4v) is 6.30. The summed E-state index contributed by atoms with van der Waals surface area (Å²) in [6.45, 7) is 11.0. The van der Waals surface area contributed by atoms with E-state index in [0.717, 1.165) is 38.9 Å². The molecule has 3 aromatic rings. The number of aryl methyl sites for hydroxylation is 3. The normalized spacial score (nSPS) is 14.4. The summed E-state index contributed by atoms with van der Waals surface area (Å²) in [5.74, 6) is -2.34. The van der Waals surface area contributed by atoms with Gasteiger partial charge in [-0.2, -0.15) is 0 Å². The maximum Gasteiger partial charge on any atom is 2.00 e. The number of carboxylic acids is 2. The summed E-state index contributed by atoms with van der Waals surface area (Å²) in [5.41, 5.74) is 11.3. The number of aromatic nitrogens is 4. The Kier molecular flexibility index (Phi) is 9.89. The third kappa shape index (κ3) is 6.53. The number of carbonyl (C=O) groups is 2. The van der Waals surface area contributed by atoms with Crippen LogP contribution in [0.3, 0.4) is 0 Å². The average Bonchev–Trinajstić information content (AvgIpc) is 3.59. The fourth-order valence-electron chi connectivity index (χ4n) is 6.30. The molecule has 239 valence electrons. The van der Waals surface area contributed by atoms with E-state index in [1.807, 2.05) is 52.0 Å². The van der Waals surface area contributed by atoms with Gasteiger partial charge in [-0.1, -0.05) is 0 Å². The number of nitrogens with zero attached hydrogens (tertiary/aromatic N) is 2. The number of hydrogen-bond donors (Lipinski definition) is 4. The first-order valence-corrected chi connectivity index (χ1v) is 14.7. The van der Waals surface area contributed by atoms with Crippen LogP contribution in [0.25, 0.3) is 44.4 Å². The number of aliphatic hydroxyl groups is 2. The van der Waals surface area contributed by atoms with Gasteiger partial charge in [-0.05, 0) is 125 Å². The van der Waals surface area contributed by atoms with Crippen molar-refractivity contribution in [3.05, 3.63) is 69.3 Å². The molecule has 2 unspecified atom stereocenters. The molecule has 0 saturated carbocycles. The van der Waals surface area contributed by atoms with Crippen molar-refractivity contribution in [1.29, 1.82) is 0 Å². The zero-order valence-corrected chi connectivity index (χ0v) is 27.0. The van der Waals surface area contributed by atoms with Gasteiger partial charge < -0.3 is 40.0 Å². The van der Waals surface area contributed by atoms with Crippen LogP contribution >= 0.6 is 0 Å². The molecule has 4 N–H and O–H groups in total. The molecule has 2 aliphatic heterocycles. The number of carbonyl (C=O) groups excluding carboxylic acids is 2. The van der Waals surface area contributed by atoms with Crippen LogP contribution in [0.4, 0.5) is 0 Å². The topological polar surface area (TPSA) is 178 Å². The minimum atomic E-state index is -1.17.